The van der Waals surface area contributed by atoms with Crippen molar-refractivity contribution < 1.29 is 18.0 Å². The molecule has 0 aromatic heterocycles. The maximum atomic E-state index is 12.9. The van der Waals surface area contributed by atoms with Crippen molar-refractivity contribution in [3.05, 3.63) is 29.6 Å². The number of anilines is 1. The fraction of sp³-hybridized carbons (Fsp3) is 0.417. The summed E-state index contributed by atoms with van der Waals surface area (Å²) < 4.78 is 38.4. The van der Waals surface area contributed by atoms with Crippen LogP contribution in [0, 0.1) is 17.5 Å². The third kappa shape index (κ3) is 3.94. The van der Waals surface area contributed by atoms with Gasteiger partial charge in [0.2, 0.25) is 5.91 Å². The zero-order valence-corrected chi connectivity index (χ0v) is 10.2. The third-order valence-corrected chi connectivity index (χ3v) is 2.46. The molecule has 0 fully saturated rings. The first kappa shape index (κ1) is 14.3. The van der Waals surface area contributed by atoms with E-state index in [0.717, 1.165) is 18.6 Å². The fourth-order valence-corrected chi connectivity index (χ4v) is 1.27. The molecule has 0 radical (unpaired) electrons. The molecule has 0 aliphatic rings. The minimum Gasteiger partial charge on any atom is -0.376 e. The van der Waals surface area contributed by atoms with E-state index in [9.17, 15) is 18.0 Å². The minimum absolute atomic E-state index is 0.0192. The number of nitrogens with one attached hydrogen (secondary N) is 2. The van der Waals surface area contributed by atoms with E-state index >= 15 is 0 Å². The number of hydrogen-bond donors (Lipinski definition) is 2. The van der Waals surface area contributed by atoms with E-state index in [1.54, 1.807) is 0 Å². The van der Waals surface area contributed by atoms with Crippen molar-refractivity contribution in [1.29, 1.82) is 0 Å². The molecule has 6 heteroatoms. The summed E-state index contributed by atoms with van der Waals surface area (Å²) in [6, 6.07) is 1.63. The topological polar surface area (TPSA) is 41.1 Å². The first-order chi connectivity index (χ1) is 8.43. The summed E-state index contributed by atoms with van der Waals surface area (Å²) in [5.74, 6) is -4.40. The molecule has 18 heavy (non-hydrogen) atoms. The van der Waals surface area contributed by atoms with Gasteiger partial charge in [-0.25, -0.2) is 13.2 Å². The Labute approximate surface area is 103 Å². The molecular formula is C12H15F3N2O. The van der Waals surface area contributed by atoms with Gasteiger partial charge in [-0.15, -0.1) is 0 Å². The quantitative estimate of drug-likeness (QED) is 0.798. The molecule has 2 N–H and O–H groups in total. The van der Waals surface area contributed by atoms with Gasteiger partial charge in [0.15, 0.2) is 17.5 Å². The van der Waals surface area contributed by atoms with Gasteiger partial charge in [-0.2, -0.15) is 0 Å². The summed E-state index contributed by atoms with van der Waals surface area (Å²) >= 11 is 0. The predicted molar refractivity (Wildman–Crippen MR) is 62.7 cm³/mol. The molecule has 3 nitrogen and oxygen atoms in total. The van der Waals surface area contributed by atoms with Crippen molar-refractivity contribution in [3.63, 3.8) is 0 Å². The SMILES string of the molecule is CCC(C)NC(=O)CNc1cc(F)c(F)c(F)c1. The smallest absolute Gasteiger partial charge is 0.239 e. The maximum absolute atomic E-state index is 12.9. The molecule has 0 aliphatic carbocycles. The lowest BCUT2D eigenvalue weighted by atomic mass is 10.2. The highest BCUT2D eigenvalue weighted by Gasteiger charge is 2.11. The Bertz CT molecular complexity index is 414. The Kier molecular flexibility index (Phi) is 5.00. The van der Waals surface area contributed by atoms with Crippen molar-refractivity contribution in [2.45, 2.75) is 26.3 Å². The second kappa shape index (κ2) is 6.28. The van der Waals surface area contributed by atoms with Gasteiger partial charge in [0.1, 0.15) is 0 Å². The molecule has 0 saturated carbocycles. The third-order valence-electron chi connectivity index (χ3n) is 2.46. The van der Waals surface area contributed by atoms with E-state index < -0.39 is 17.5 Å². The summed E-state index contributed by atoms with van der Waals surface area (Å²) in [4.78, 5) is 11.4. The Morgan fingerprint density at radius 2 is 1.83 bits per heavy atom. The lowest BCUT2D eigenvalue weighted by molar-refractivity contribution is -0.120. The van der Waals surface area contributed by atoms with Crippen LogP contribution in [0.3, 0.4) is 0 Å². The lowest BCUT2D eigenvalue weighted by Gasteiger charge is -2.12. The van der Waals surface area contributed by atoms with Crippen LogP contribution in [0.2, 0.25) is 0 Å². The van der Waals surface area contributed by atoms with E-state index in [1.165, 1.54) is 0 Å². The van der Waals surface area contributed by atoms with E-state index in [2.05, 4.69) is 10.6 Å². The molecule has 0 saturated heterocycles. The van der Waals surface area contributed by atoms with Crippen LogP contribution in [-0.4, -0.2) is 18.5 Å². The molecule has 1 amide bonds. The van der Waals surface area contributed by atoms with Crippen molar-refractivity contribution >= 4 is 11.6 Å². The largest absolute Gasteiger partial charge is 0.376 e. The molecule has 1 aromatic carbocycles. The lowest BCUT2D eigenvalue weighted by Crippen LogP contribution is -2.36. The second-order valence-corrected chi connectivity index (χ2v) is 3.98. The number of rotatable bonds is 5. The van der Waals surface area contributed by atoms with Crippen LogP contribution in [0.15, 0.2) is 12.1 Å². The van der Waals surface area contributed by atoms with Gasteiger partial charge in [0.25, 0.3) is 0 Å². The molecule has 100 valence electrons. The van der Waals surface area contributed by atoms with Crippen LogP contribution < -0.4 is 10.6 Å². The fourth-order valence-electron chi connectivity index (χ4n) is 1.27. The van der Waals surface area contributed by atoms with Crippen LogP contribution in [0.4, 0.5) is 18.9 Å². The zero-order valence-electron chi connectivity index (χ0n) is 10.2. The van der Waals surface area contributed by atoms with Gasteiger partial charge in [-0.3, -0.25) is 4.79 Å². The normalized spacial score (nSPS) is 12.1. The number of hydrogen-bond acceptors (Lipinski definition) is 2. The Morgan fingerprint density at radius 1 is 1.28 bits per heavy atom. The van der Waals surface area contributed by atoms with E-state index in [0.29, 0.717) is 0 Å². The van der Waals surface area contributed by atoms with Crippen LogP contribution >= 0.6 is 0 Å². The molecule has 0 aliphatic heterocycles. The minimum atomic E-state index is -1.52. The van der Waals surface area contributed by atoms with Crippen LogP contribution in [0.1, 0.15) is 20.3 Å². The average molecular weight is 260 g/mol. The maximum Gasteiger partial charge on any atom is 0.239 e. The molecule has 1 rings (SSSR count). The van der Waals surface area contributed by atoms with Crippen molar-refractivity contribution in [1.82, 2.24) is 5.32 Å². The molecular weight excluding hydrogens is 245 g/mol. The Balaban J connectivity index is 2.56. The molecule has 0 heterocycles. The van der Waals surface area contributed by atoms with Gasteiger partial charge < -0.3 is 10.6 Å². The number of benzene rings is 1. The van der Waals surface area contributed by atoms with E-state index in [-0.39, 0.29) is 24.2 Å². The average Bonchev–Trinajstić information content (AvgIpc) is 2.33. The predicted octanol–water partition coefficient (Wildman–Crippen LogP) is 2.43. The summed E-state index contributed by atoms with van der Waals surface area (Å²) in [6.07, 6.45) is 0.783. The standard InChI is InChI=1S/C12H15F3N2O/c1-3-7(2)17-11(18)6-16-8-4-9(13)12(15)10(14)5-8/h4-5,7,16H,3,6H2,1-2H3,(H,17,18). The number of amides is 1. The molecule has 0 spiro atoms. The van der Waals surface area contributed by atoms with Gasteiger partial charge in [0.05, 0.1) is 6.54 Å². The van der Waals surface area contributed by atoms with Gasteiger partial charge >= 0.3 is 0 Å². The first-order valence-electron chi connectivity index (χ1n) is 5.61. The van der Waals surface area contributed by atoms with Crippen molar-refractivity contribution in [3.8, 4) is 0 Å². The highest BCUT2D eigenvalue weighted by molar-refractivity contribution is 5.80. The summed E-state index contributed by atoms with van der Waals surface area (Å²) in [5.41, 5.74) is 0.0192. The highest BCUT2D eigenvalue weighted by Crippen LogP contribution is 2.16. The number of carbonyl (C=O) groups excluding carboxylic acids is 1. The number of carbonyl (C=O) groups is 1. The Hall–Kier alpha value is -1.72. The Morgan fingerprint density at radius 3 is 2.33 bits per heavy atom. The highest BCUT2D eigenvalue weighted by atomic mass is 19.2. The van der Waals surface area contributed by atoms with Crippen LogP contribution in [-0.2, 0) is 4.79 Å². The van der Waals surface area contributed by atoms with Crippen molar-refractivity contribution in [2.24, 2.45) is 0 Å². The van der Waals surface area contributed by atoms with E-state index in [4.69, 9.17) is 0 Å². The molecule has 1 unspecified atom stereocenters. The van der Waals surface area contributed by atoms with Crippen LogP contribution in [0.5, 0.6) is 0 Å². The van der Waals surface area contributed by atoms with E-state index in [1.807, 2.05) is 13.8 Å². The summed E-state index contributed by atoms with van der Waals surface area (Å²) in [7, 11) is 0. The molecule has 1 aromatic rings. The van der Waals surface area contributed by atoms with Gasteiger partial charge in [0, 0.05) is 23.9 Å². The van der Waals surface area contributed by atoms with Gasteiger partial charge in [-0.1, -0.05) is 6.92 Å². The zero-order chi connectivity index (χ0) is 13.7. The molecule has 0 bridgehead atoms. The first-order valence-corrected chi connectivity index (χ1v) is 5.61. The van der Waals surface area contributed by atoms with Crippen LogP contribution in [0.25, 0.3) is 0 Å². The summed E-state index contributed by atoms with van der Waals surface area (Å²) in [6.45, 7) is 3.63. The summed E-state index contributed by atoms with van der Waals surface area (Å²) in [5, 5.41) is 5.20. The molecule has 1 atom stereocenters. The number of halogens is 3. The second-order valence-electron chi connectivity index (χ2n) is 3.98. The van der Waals surface area contributed by atoms with Crippen molar-refractivity contribution in [2.75, 3.05) is 11.9 Å². The van der Waals surface area contributed by atoms with Gasteiger partial charge in [-0.05, 0) is 13.3 Å². The monoisotopic (exact) mass is 260 g/mol.